The van der Waals surface area contributed by atoms with Gasteiger partial charge in [0, 0.05) is 45.1 Å². The minimum atomic E-state index is 0.673. The minimum Gasteiger partial charge on any atom is -0.356 e. The second-order valence-corrected chi connectivity index (χ2v) is 7.27. The lowest BCUT2D eigenvalue weighted by molar-refractivity contribution is 0.312. The van der Waals surface area contributed by atoms with Crippen molar-refractivity contribution in [3.8, 4) is 10.7 Å². The Morgan fingerprint density at radius 2 is 1.92 bits per heavy atom. The summed E-state index contributed by atoms with van der Waals surface area (Å²) in [5.74, 6) is 1.05. The van der Waals surface area contributed by atoms with E-state index in [4.69, 9.17) is 0 Å². The van der Waals surface area contributed by atoms with Crippen LogP contribution in [0.3, 0.4) is 0 Å². The maximum absolute atomic E-state index is 4.62. The van der Waals surface area contributed by atoms with Gasteiger partial charge in [-0.15, -0.1) is 10.2 Å². The Morgan fingerprint density at radius 1 is 1.04 bits per heavy atom. The molecular formula is C18H21N7S. The Balaban J connectivity index is 1.34. The van der Waals surface area contributed by atoms with E-state index in [-0.39, 0.29) is 0 Å². The van der Waals surface area contributed by atoms with Gasteiger partial charge in [-0.05, 0) is 30.8 Å². The normalized spacial score (nSPS) is 15.2. The van der Waals surface area contributed by atoms with E-state index >= 15 is 0 Å². The summed E-state index contributed by atoms with van der Waals surface area (Å²) in [5.41, 5.74) is 1.97. The monoisotopic (exact) mass is 367 g/mol. The van der Waals surface area contributed by atoms with Crippen molar-refractivity contribution in [3.63, 3.8) is 0 Å². The van der Waals surface area contributed by atoms with Crippen LogP contribution in [0.15, 0.2) is 42.7 Å². The molecule has 0 bridgehead atoms. The predicted molar refractivity (Wildman–Crippen MR) is 104 cm³/mol. The van der Waals surface area contributed by atoms with Crippen LogP contribution < -0.4 is 10.2 Å². The number of pyridine rings is 2. The van der Waals surface area contributed by atoms with Gasteiger partial charge in [-0.3, -0.25) is 4.98 Å². The SMILES string of the molecule is CN1CCN(c2ccc(CNc3nnc(-c4ccccn4)s3)cn2)CC1. The highest BCUT2D eigenvalue weighted by atomic mass is 32.1. The molecule has 1 fully saturated rings. The molecule has 3 aromatic heterocycles. The van der Waals surface area contributed by atoms with Gasteiger partial charge in [0.1, 0.15) is 11.5 Å². The Hall–Kier alpha value is -2.58. The van der Waals surface area contributed by atoms with Crippen LogP contribution in [0.5, 0.6) is 0 Å². The lowest BCUT2D eigenvalue weighted by atomic mass is 10.2. The van der Waals surface area contributed by atoms with Gasteiger partial charge < -0.3 is 15.1 Å². The van der Waals surface area contributed by atoms with E-state index in [0.29, 0.717) is 6.54 Å². The van der Waals surface area contributed by atoms with Gasteiger partial charge in [-0.1, -0.05) is 23.5 Å². The van der Waals surface area contributed by atoms with Crippen LogP contribution in [-0.2, 0) is 6.54 Å². The van der Waals surface area contributed by atoms with Crippen molar-refractivity contribution in [1.29, 1.82) is 0 Å². The largest absolute Gasteiger partial charge is 0.356 e. The average molecular weight is 367 g/mol. The Labute approximate surface area is 156 Å². The lowest BCUT2D eigenvalue weighted by Crippen LogP contribution is -2.44. The van der Waals surface area contributed by atoms with Gasteiger partial charge >= 0.3 is 0 Å². The third-order valence-corrected chi connectivity index (χ3v) is 5.29. The van der Waals surface area contributed by atoms with E-state index < -0.39 is 0 Å². The molecule has 0 aliphatic carbocycles. The number of rotatable bonds is 5. The van der Waals surface area contributed by atoms with Crippen molar-refractivity contribution in [2.45, 2.75) is 6.54 Å². The molecule has 7 nitrogen and oxygen atoms in total. The third-order valence-electron chi connectivity index (χ3n) is 4.39. The van der Waals surface area contributed by atoms with Crippen LogP contribution in [0, 0.1) is 0 Å². The molecule has 4 heterocycles. The fraction of sp³-hybridized carbons (Fsp3) is 0.333. The molecule has 0 amide bonds. The van der Waals surface area contributed by atoms with E-state index in [1.54, 1.807) is 6.20 Å². The Kier molecular flexibility index (Phi) is 5.03. The number of likely N-dealkylation sites (N-methyl/N-ethyl adjacent to an activating group) is 1. The molecule has 0 unspecified atom stereocenters. The molecule has 0 aromatic carbocycles. The predicted octanol–water partition coefficient (Wildman–Crippen LogP) is 2.36. The second-order valence-electron chi connectivity index (χ2n) is 6.30. The Bertz CT molecular complexity index is 826. The average Bonchev–Trinajstić information content (AvgIpc) is 3.17. The van der Waals surface area contributed by atoms with E-state index in [0.717, 1.165) is 53.4 Å². The zero-order valence-electron chi connectivity index (χ0n) is 14.7. The van der Waals surface area contributed by atoms with Gasteiger partial charge in [0.15, 0.2) is 5.01 Å². The first-order valence-corrected chi connectivity index (χ1v) is 9.47. The number of anilines is 2. The molecule has 1 N–H and O–H groups in total. The smallest absolute Gasteiger partial charge is 0.206 e. The van der Waals surface area contributed by atoms with Crippen LogP contribution in [0.1, 0.15) is 5.56 Å². The first-order valence-electron chi connectivity index (χ1n) is 8.65. The molecule has 0 radical (unpaired) electrons. The molecule has 1 aliphatic rings. The van der Waals surface area contributed by atoms with Crippen molar-refractivity contribution in [3.05, 3.63) is 48.3 Å². The first-order chi connectivity index (χ1) is 12.8. The lowest BCUT2D eigenvalue weighted by Gasteiger charge is -2.33. The number of nitrogens with zero attached hydrogens (tertiary/aromatic N) is 6. The zero-order valence-corrected chi connectivity index (χ0v) is 15.5. The molecule has 1 saturated heterocycles. The summed E-state index contributed by atoms with van der Waals surface area (Å²) < 4.78 is 0. The zero-order chi connectivity index (χ0) is 17.8. The molecule has 1 aliphatic heterocycles. The van der Waals surface area contributed by atoms with E-state index in [9.17, 15) is 0 Å². The van der Waals surface area contributed by atoms with Crippen molar-refractivity contribution < 1.29 is 0 Å². The third kappa shape index (κ3) is 3.97. The van der Waals surface area contributed by atoms with Crippen LogP contribution in [0.2, 0.25) is 0 Å². The quantitative estimate of drug-likeness (QED) is 0.742. The van der Waals surface area contributed by atoms with Crippen LogP contribution in [-0.4, -0.2) is 58.3 Å². The fourth-order valence-electron chi connectivity index (χ4n) is 2.81. The van der Waals surface area contributed by atoms with Gasteiger partial charge in [0.25, 0.3) is 0 Å². The Morgan fingerprint density at radius 3 is 2.65 bits per heavy atom. The topological polar surface area (TPSA) is 70.1 Å². The highest BCUT2D eigenvalue weighted by molar-refractivity contribution is 7.18. The summed E-state index contributed by atoms with van der Waals surface area (Å²) in [6, 6.07) is 9.99. The number of piperazine rings is 1. The number of hydrogen-bond acceptors (Lipinski definition) is 8. The second kappa shape index (κ2) is 7.76. The molecule has 0 spiro atoms. The maximum atomic E-state index is 4.62. The maximum Gasteiger partial charge on any atom is 0.206 e. The molecule has 134 valence electrons. The van der Waals surface area contributed by atoms with Crippen molar-refractivity contribution >= 4 is 22.3 Å². The van der Waals surface area contributed by atoms with Gasteiger partial charge in [0.05, 0.1) is 0 Å². The standard InChI is InChI=1S/C18H21N7S/c1-24-8-10-25(11-9-24)16-6-5-14(12-20-16)13-21-18-23-22-17(26-18)15-4-2-3-7-19-15/h2-7,12H,8-11,13H2,1H3,(H,21,23). The molecule has 0 atom stereocenters. The summed E-state index contributed by atoms with van der Waals surface area (Å²) in [7, 11) is 2.16. The van der Waals surface area contributed by atoms with Crippen molar-refractivity contribution in [1.82, 2.24) is 25.1 Å². The molecular weight excluding hydrogens is 346 g/mol. The number of aromatic nitrogens is 4. The van der Waals surface area contributed by atoms with Crippen LogP contribution >= 0.6 is 11.3 Å². The minimum absolute atomic E-state index is 0.673. The molecule has 0 saturated carbocycles. The van der Waals surface area contributed by atoms with Crippen LogP contribution in [0.4, 0.5) is 10.9 Å². The summed E-state index contributed by atoms with van der Waals surface area (Å²) in [5, 5.41) is 13.3. The highest BCUT2D eigenvalue weighted by Gasteiger charge is 2.15. The van der Waals surface area contributed by atoms with Crippen molar-refractivity contribution in [2.24, 2.45) is 0 Å². The van der Waals surface area contributed by atoms with Crippen LogP contribution in [0.25, 0.3) is 10.7 Å². The van der Waals surface area contributed by atoms with E-state index in [1.165, 1.54) is 11.3 Å². The fourth-order valence-corrected chi connectivity index (χ4v) is 3.53. The molecule has 4 rings (SSSR count). The van der Waals surface area contributed by atoms with Gasteiger partial charge in [0.2, 0.25) is 5.13 Å². The highest BCUT2D eigenvalue weighted by Crippen LogP contribution is 2.24. The van der Waals surface area contributed by atoms with E-state index in [2.05, 4.69) is 54.5 Å². The van der Waals surface area contributed by atoms with E-state index in [1.807, 2.05) is 24.4 Å². The summed E-state index contributed by atoms with van der Waals surface area (Å²) in [6.07, 6.45) is 3.69. The van der Waals surface area contributed by atoms with Gasteiger partial charge in [-0.2, -0.15) is 0 Å². The summed E-state index contributed by atoms with van der Waals surface area (Å²) in [4.78, 5) is 13.6. The number of nitrogens with one attached hydrogen (secondary N) is 1. The molecule has 26 heavy (non-hydrogen) atoms. The first kappa shape index (κ1) is 16.9. The van der Waals surface area contributed by atoms with Crippen molar-refractivity contribution in [2.75, 3.05) is 43.4 Å². The number of hydrogen-bond donors (Lipinski definition) is 1. The molecule has 8 heteroatoms. The molecule has 3 aromatic rings. The van der Waals surface area contributed by atoms with Gasteiger partial charge in [-0.25, -0.2) is 4.98 Å². The summed E-state index contributed by atoms with van der Waals surface area (Å²) in [6.45, 7) is 4.90. The summed E-state index contributed by atoms with van der Waals surface area (Å²) >= 11 is 1.50.